The van der Waals surface area contributed by atoms with Gasteiger partial charge in [-0.1, -0.05) is 42.5 Å². The predicted octanol–water partition coefficient (Wildman–Crippen LogP) is 6.40. The van der Waals surface area contributed by atoms with E-state index in [9.17, 15) is 9.59 Å². The van der Waals surface area contributed by atoms with Crippen LogP contribution in [0.25, 0.3) is 22.4 Å². The van der Waals surface area contributed by atoms with Crippen molar-refractivity contribution >= 4 is 17.7 Å². The second-order valence-corrected chi connectivity index (χ2v) is 9.66. The zero-order valence-electron chi connectivity index (χ0n) is 21.4. The summed E-state index contributed by atoms with van der Waals surface area (Å²) in [5.74, 6) is 0.481. The molecule has 0 unspecified atom stereocenters. The van der Waals surface area contributed by atoms with Crippen LogP contribution in [0.3, 0.4) is 0 Å². The van der Waals surface area contributed by atoms with Gasteiger partial charge in [0, 0.05) is 29.6 Å². The smallest absolute Gasteiger partial charge is 0.407 e. The molecule has 2 N–H and O–H groups in total. The van der Waals surface area contributed by atoms with Crippen molar-refractivity contribution in [2.75, 3.05) is 5.32 Å². The molecule has 0 aliphatic rings. The Labute approximate surface area is 216 Å². The first-order valence-electron chi connectivity index (χ1n) is 12.0. The molecule has 4 rings (SSSR count). The van der Waals surface area contributed by atoms with E-state index < -0.39 is 11.7 Å². The molecule has 0 aliphatic carbocycles. The third kappa shape index (κ3) is 7.24. The fraction of sp³-hybridized carbons (Fsp3) is 0.200. The van der Waals surface area contributed by atoms with Gasteiger partial charge in [0.1, 0.15) is 11.4 Å². The Morgan fingerprint density at radius 1 is 0.865 bits per heavy atom. The lowest BCUT2D eigenvalue weighted by atomic mass is 10.0. The molecule has 0 atom stereocenters. The second kappa shape index (κ2) is 11.0. The number of rotatable bonds is 6. The number of aromatic nitrogens is 2. The van der Waals surface area contributed by atoms with Crippen molar-refractivity contribution in [2.45, 2.75) is 39.8 Å². The van der Waals surface area contributed by atoms with Gasteiger partial charge < -0.3 is 15.4 Å². The van der Waals surface area contributed by atoms with Crippen LogP contribution in [0.5, 0.6) is 0 Å². The van der Waals surface area contributed by atoms with Crippen LogP contribution < -0.4 is 10.6 Å². The Morgan fingerprint density at radius 2 is 1.57 bits per heavy atom. The summed E-state index contributed by atoms with van der Waals surface area (Å²) in [7, 11) is 0. The first-order valence-corrected chi connectivity index (χ1v) is 12.0. The molecule has 3 aromatic carbocycles. The second-order valence-electron chi connectivity index (χ2n) is 9.66. The molecule has 0 bridgehead atoms. The number of amides is 2. The first-order chi connectivity index (χ1) is 17.7. The molecule has 4 aromatic rings. The average molecular weight is 495 g/mol. The number of ether oxygens (including phenoxy) is 1. The number of anilines is 1. The van der Waals surface area contributed by atoms with Crippen molar-refractivity contribution < 1.29 is 14.3 Å². The molecular weight excluding hydrogens is 464 g/mol. The van der Waals surface area contributed by atoms with E-state index in [1.807, 2.05) is 100 Å². The fourth-order valence-electron chi connectivity index (χ4n) is 3.77. The number of benzene rings is 3. The highest BCUT2D eigenvalue weighted by Gasteiger charge is 2.16. The summed E-state index contributed by atoms with van der Waals surface area (Å²) < 4.78 is 5.30. The van der Waals surface area contributed by atoms with Gasteiger partial charge in [-0.15, -0.1) is 0 Å². The van der Waals surface area contributed by atoms with Crippen molar-refractivity contribution in [3.05, 3.63) is 102 Å². The Balaban J connectivity index is 1.46. The number of alkyl carbamates (subject to hydrolysis) is 1. The van der Waals surface area contributed by atoms with E-state index >= 15 is 0 Å². The van der Waals surface area contributed by atoms with Gasteiger partial charge in [0.05, 0.1) is 5.69 Å². The Hall–Kier alpha value is -4.52. The maximum absolute atomic E-state index is 13.1. The molecule has 0 saturated heterocycles. The highest BCUT2D eigenvalue weighted by Crippen LogP contribution is 2.24. The Kier molecular flexibility index (Phi) is 7.63. The molecule has 0 saturated carbocycles. The van der Waals surface area contributed by atoms with E-state index in [0.717, 1.165) is 27.9 Å². The van der Waals surface area contributed by atoms with Crippen LogP contribution in [0, 0.1) is 6.92 Å². The van der Waals surface area contributed by atoms with E-state index in [1.54, 1.807) is 12.3 Å². The average Bonchev–Trinajstić information content (AvgIpc) is 2.87. The number of hydrogen-bond acceptors (Lipinski definition) is 5. The number of carbonyl (C=O) groups excluding carboxylic acids is 2. The molecule has 188 valence electrons. The lowest BCUT2D eigenvalue weighted by Crippen LogP contribution is -2.32. The molecule has 7 nitrogen and oxygen atoms in total. The van der Waals surface area contributed by atoms with Crippen molar-refractivity contribution in [2.24, 2.45) is 0 Å². The highest BCUT2D eigenvalue weighted by molar-refractivity contribution is 6.05. The first kappa shape index (κ1) is 25.6. The van der Waals surface area contributed by atoms with Gasteiger partial charge in [-0.2, -0.15) is 0 Å². The van der Waals surface area contributed by atoms with E-state index in [2.05, 4.69) is 20.6 Å². The molecule has 0 spiro atoms. The molecule has 37 heavy (non-hydrogen) atoms. The standard InChI is InChI=1S/C30H30N4O3/c1-20-31-15-14-27(33-20)24-11-7-13-26(18-24)34-28(35)25-12-6-10-23(17-25)22-9-5-8-21(16-22)19-32-29(36)37-30(2,3)4/h5-18H,19H2,1-4H3,(H,32,36)(H,34,35). The van der Waals surface area contributed by atoms with Gasteiger partial charge in [0.15, 0.2) is 0 Å². The third-order valence-corrected chi connectivity index (χ3v) is 5.41. The maximum atomic E-state index is 13.1. The quantitative estimate of drug-likeness (QED) is 0.324. The minimum Gasteiger partial charge on any atom is -0.444 e. The normalized spacial score (nSPS) is 11.0. The molecule has 1 aromatic heterocycles. The number of carbonyl (C=O) groups is 2. The Bertz CT molecular complexity index is 1430. The Morgan fingerprint density at radius 3 is 2.32 bits per heavy atom. The van der Waals surface area contributed by atoms with Crippen molar-refractivity contribution in [1.82, 2.24) is 15.3 Å². The topological polar surface area (TPSA) is 93.2 Å². The lowest BCUT2D eigenvalue weighted by molar-refractivity contribution is 0.0523. The van der Waals surface area contributed by atoms with Crippen LogP contribution in [-0.2, 0) is 11.3 Å². The van der Waals surface area contributed by atoms with E-state index in [4.69, 9.17) is 4.74 Å². The van der Waals surface area contributed by atoms with Crippen molar-refractivity contribution in [3.63, 3.8) is 0 Å². The van der Waals surface area contributed by atoms with Crippen LogP contribution in [0.4, 0.5) is 10.5 Å². The van der Waals surface area contributed by atoms with Gasteiger partial charge >= 0.3 is 6.09 Å². The van der Waals surface area contributed by atoms with Gasteiger partial charge in [0.2, 0.25) is 0 Å². The van der Waals surface area contributed by atoms with Gasteiger partial charge in [-0.25, -0.2) is 14.8 Å². The molecule has 1 heterocycles. The zero-order valence-corrected chi connectivity index (χ0v) is 21.4. The molecule has 0 fully saturated rings. The minimum absolute atomic E-state index is 0.208. The zero-order chi connectivity index (χ0) is 26.4. The fourth-order valence-corrected chi connectivity index (χ4v) is 3.77. The summed E-state index contributed by atoms with van der Waals surface area (Å²) in [4.78, 5) is 33.6. The molecule has 2 amide bonds. The van der Waals surface area contributed by atoms with Crippen LogP contribution in [0.1, 0.15) is 42.5 Å². The summed E-state index contributed by atoms with van der Waals surface area (Å²) in [6.45, 7) is 7.66. The SMILES string of the molecule is Cc1nccc(-c2cccc(NC(=O)c3cccc(-c4cccc(CNC(=O)OC(C)(C)C)c4)c3)c2)n1. The van der Waals surface area contributed by atoms with Crippen LogP contribution in [0.15, 0.2) is 85.1 Å². The van der Waals surface area contributed by atoms with E-state index in [0.29, 0.717) is 23.6 Å². The molecule has 0 radical (unpaired) electrons. The van der Waals surface area contributed by atoms with Gasteiger partial charge in [0.25, 0.3) is 5.91 Å². The van der Waals surface area contributed by atoms with E-state index in [1.165, 1.54) is 0 Å². The van der Waals surface area contributed by atoms with Crippen LogP contribution in [-0.4, -0.2) is 27.6 Å². The number of nitrogens with one attached hydrogen (secondary N) is 2. The number of hydrogen-bond donors (Lipinski definition) is 2. The molecular formula is C30H30N4O3. The third-order valence-electron chi connectivity index (χ3n) is 5.41. The summed E-state index contributed by atoms with van der Waals surface area (Å²) in [6, 6.07) is 24.7. The molecule has 0 aliphatic heterocycles. The molecule has 7 heteroatoms. The van der Waals surface area contributed by atoms with Crippen molar-refractivity contribution in [3.8, 4) is 22.4 Å². The van der Waals surface area contributed by atoms with E-state index in [-0.39, 0.29) is 5.91 Å². The summed E-state index contributed by atoms with van der Waals surface area (Å²) in [5, 5.41) is 5.76. The lowest BCUT2D eigenvalue weighted by Gasteiger charge is -2.19. The van der Waals surface area contributed by atoms with Gasteiger partial charge in [-0.05, 0) is 80.8 Å². The van der Waals surface area contributed by atoms with Crippen molar-refractivity contribution in [1.29, 1.82) is 0 Å². The largest absolute Gasteiger partial charge is 0.444 e. The summed E-state index contributed by atoms with van der Waals surface area (Å²) in [6.07, 6.45) is 1.26. The van der Waals surface area contributed by atoms with Gasteiger partial charge in [-0.3, -0.25) is 4.79 Å². The maximum Gasteiger partial charge on any atom is 0.407 e. The summed E-state index contributed by atoms with van der Waals surface area (Å²) >= 11 is 0. The predicted molar refractivity (Wildman–Crippen MR) is 145 cm³/mol. The number of aryl methyl sites for hydroxylation is 1. The van der Waals surface area contributed by atoms with Crippen LogP contribution >= 0.6 is 0 Å². The van der Waals surface area contributed by atoms with Crippen LogP contribution in [0.2, 0.25) is 0 Å². The summed E-state index contributed by atoms with van der Waals surface area (Å²) in [5.41, 5.74) is 5.13. The monoisotopic (exact) mass is 494 g/mol. The highest BCUT2D eigenvalue weighted by atomic mass is 16.6. The minimum atomic E-state index is -0.552. The number of nitrogens with zero attached hydrogens (tertiary/aromatic N) is 2.